The lowest BCUT2D eigenvalue weighted by Crippen LogP contribution is -2.40. The number of carboxylic acids is 1. The molecule has 0 spiro atoms. The number of hydrogen-bond acceptors (Lipinski definition) is 7. The first kappa shape index (κ1) is 85.5. The van der Waals surface area contributed by atoms with Crippen molar-refractivity contribution in [2.75, 3.05) is 47.5 Å². The van der Waals surface area contributed by atoms with Crippen LogP contribution in [0.3, 0.4) is 0 Å². The molecule has 0 aliphatic carbocycles. The number of ether oxygens (including phenoxy) is 4. The summed E-state index contributed by atoms with van der Waals surface area (Å²) in [6.45, 7) is 4.80. The molecular weight excluding hydrogens is 1100 g/mol. The van der Waals surface area contributed by atoms with Crippen molar-refractivity contribution in [2.45, 2.75) is 360 Å². The van der Waals surface area contributed by atoms with E-state index in [2.05, 4.69) is 98.9 Å². The second kappa shape index (κ2) is 70.3. The van der Waals surface area contributed by atoms with Gasteiger partial charge in [0, 0.05) is 12.8 Å². The largest absolute Gasteiger partial charge is 0.477 e. The minimum absolute atomic E-state index is 0.180. The van der Waals surface area contributed by atoms with Crippen LogP contribution in [0.4, 0.5) is 0 Å². The van der Waals surface area contributed by atoms with Crippen molar-refractivity contribution >= 4 is 17.9 Å². The fourth-order valence-electron chi connectivity index (χ4n) is 10.9. The van der Waals surface area contributed by atoms with Gasteiger partial charge in [0.25, 0.3) is 6.29 Å². The Labute approximate surface area is 550 Å². The second-order valence-electron chi connectivity index (χ2n) is 26.6. The highest BCUT2D eigenvalue weighted by Gasteiger charge is 2.25. The van der Waals surface area contributed by atoms with Crippen LogP contribution in [0, 0.1) is 0 Å². The Morgan fingerprint density at radius 3 is 0.955 bits per heavy atom. The van der Waals surface area contributed by atoms with Gasteiger partial charge in [-0.05, 0) is 89.9 Å². The van der Waals surface area contributed by atoms with Crippen LogP contribution < -0.4 is 0 Å². The fraction of sp³-hybridized carbons (Fsp3) is 0.787. The van der Waals surface area contributed by atoms with Gasteiger partial charge >= 0.3 is 17.9 Å². The number of carboxylic acid groups (broad SMARTS) is 1. The molecule has 0 aromatic rings. The molecule has 516 valence electrons. The Morgan fingerprint density at radius 2 is 0.640 bits per heavy atom. The Hall–Kier alpha value is -3.53. The monoisotopic (exact) mass is 1250 g/mol. The number of nitrogens with zero attached hydrogens (tertiary/aromatic N) is 1. The third-order valence-electron chi connectivity index (χ3n) is 16.6. The topological polar surface area (TPSA) is 108 Å². The SMILES string of the molecule is CC/C=C\C/C=C\C/C=C\C/C=C\CCCCCCCCCCCCCCCCCCCCCCC(=O)OC(COC(=O)CCCCCCCCCCCCCCCCCC/C=C\C/C=C\C/C=C\CCCCCCC)COC(OCC[N+](C)(C)C)C(=O)O. The summed E-state index contributed by atoms with van der Waals surface area (Å²) in [5, 5.41) is 9.76. The van der Waals surface area contributed by atoms with E-state index in [9.17, 15) is 19.5 Å². The maximum Gasteiger partial charge on any atom is 0.361 e. The predicted octanol–water partition coefficient (Wildman–Crippen LogP) is 23.8. The molecule has 0 heterocycles. The molecule has 0 amide bonds. The van der Waals surface area contributed by atoms with Gasteiger partial charge in [0.2, 0.25) is 0 Å². The zero-order chi connectivity index (χ0) is 64.7. The summed E-state index contributed by atoms with van der Waals surface area (Å²) in [5.41, 5.74) is 0. The standard InChI is InChI=1S/C80H143NO8/c1-6-8-10-12-14-16-18-20-22-24-26-28-30-32-34-36-38-39-41-43-45-47-49-51-53-55-57-59-61-63-65-67-69-71-78(83)89-76(75-88-80(79(84)85)86-73-72-81(3,4)5)74-87-77(82)70-68-66-64-62-60-58-56-54-52-50-48-46-44-42-40-37-35-33-31-29-27-25-23-21-19-17-15-13-11-9-7-2/h8,10,14,16,19-22,25-28,31,33,76,80H,6-7,9,11-13,15,17-18,23-24,29-30,32,34-75H2,1-5H3/p+1/b10-8-,16-14-,21-19-,22-20-,27-25-,28-26-,33-31-. The third kappa shape index (κ3) is 71.8. The fourth-order valence-corrected chi connectivity index (χ4v) is 10.9. The molecule has 0 rings (SSSR count). The summed E-state index contributed by atoms with van der Waals surface area (Å²) in [5.74, 6) is -1.99. The maximum absolute atomic E-state index is 13.0. The summed E-state index contributed by atoms with van der Waals surface area (Å²) >= 11 is 0. The van der Waals surface area contributed by atoms with Gasteiger partial charge in [0.1, 0.15) is 13.2 Å². The predicted molar refractivity (Wildman–Crippen MR) is 382 cm³/mol. The van der Waals surface area contributed by atoms with Crippen molar-refractivity contribution in [3.8, 4) is 0 Å². The van der Waals surface area contributed by atoms with Gasteiger partial charge < -0.3 is 28.5 Å². The minimum Gasteiger partial charge on any atom is -0.477 e. The number of unbranched alkanes of at least 4 members (excludes halogenated alkanes) is 41. The van der Waals surface area contributed by atoms with Crippen molar-refractivity contribution < 1.29 is 42.9 Å². The highest BCUT2D eigenvalue weighted by molar-refractivity contribution is 5.71. The van der Waals surface area contributed by atoms with Crippen molar-refractivity contribution in [1.82, 2.24) is 0 Å². The van der Waals surface area contributed by atoms with Gasteiger partial charge in [-0.1, -0.05) is 330 Å². The van der Waals surface area contributed by atoms with Gasteiger partial charge in [0.15, 0.2) is 6.10 Å². The van der Waals surface area contributed by atoms with Gasteiger partial charge in [0.05, 0.1) is 34.4 Å². The minimum atomic E-state index is -1.51. The Morgan fingerprint density at radius 1 is 0.348 bits per heavy atom. The number of quaternary nitrogens is 1. The highest BCUT2D eigenvalue weighted by atomic mass is 16.7. The number of allylic oxidation sites excluding steroid dienone is 14. The van der Waals surface area contributed by atoms with Crippen LogP contribution in [0.25, 0.3) is 0 Å². The molecule has 0 bridgehead atoms. The molecule has 9 nitrogen and oxygen atoms in total. The van der Waals surface area contributed by atoms with E-state index in [4.69, 9.17) is 18.9 Å². The molecule has 2 unspecified atom stereocenters. The lowest BCUT2D eigenvalue weighted by Gasteiger charge is -2.25. The Bertz CT molecular complexity index is 1740. The lowest BCUT2D eigenvalue weighted by atomic mass is 10.0. The molecule has 0 saturated heterocycles. The molecule has 9 heteroatoms. The van der Waals surface area contributed by atoms with Crippen LogP contribution in [0.2, 0.25) is 0 Å². The van der Waals surface area contributed by atoms with Crippen LogP contribution in [0.1, 0.15) is 348 Å². The van der Waals surface area contributed by atoms with E-state index >= 15 is 0 Å². The van der Waals surface area contributed by atoms with Crippen LogP contribution in [0.5, 0.6) is 0 Å². The van der Waals surface area contributed by atoms with E-state index in [1.54, 1.807) is 0 Å². The summed E-state index contributed by atoms with van der Waals surface area (Å²) in [6, 6.07) is 0. The average Bonchev–Trinajstić information content (AvgIpc) is 3.64. The van der Waals surface area contributed by atoms with Crippen LogP contribution in [-0.2, 0) is 33.3 Å². The number of carbonyl (C=O) groups excluding carboxylic acids is 2. The zero-order valence-electron chi connectivity index (χ0n) is 59.1. The van der Waals surface area contributed by atoms with Gasteiger partial charge in [-0.2, -0.15) is 0 Å². The van der Waals surface area contributed by atoms with Crippen molar-refractivity contribution in [1.29, 1.82) is 0 Å². The lowest BCUT2D eigenvalue weighted by molar-refractivity contribution is -0.870. The number of rotatable bonds is 70. The number of likely N-dealkylation sites (N-methyl/N-ethyl adjacent to an activating group) is 1. The molecule has 0 aromatic carbocycles. The molecular formula is C80H144NO8+. The quantitative estimate of drug-likeness (QED) is 0.0211. The number of carbonyl (C=O) groups is 3. The van der Waals surface area contributed by atoms with E-state index in [1.165, 1.54) is 244 Å². The van der Waals surface area contributed by atoms with Crippen LogP contribution >= 0.6 is 0 Å². The van der Waals surface area contributed by atoms with Crippen LogP contribution in [-0.4, -0.2) is 87.4 Å². The van der Waals surface area contributed by atoms with E-state index < -0.39 is 18.4 Å². The molecule has 0 aliphatic heterocycles. The summed E-state index contributed by atoms with van der Waals surface area (Å²) in [4.78, 5) is 37.7. The number of hydrogen-bond donors (Lipinski definition) is 1. The molecule has 0 aliphatic rings. The first-order chi connectivity index (χ1) is 43.6. The summed E-state index contributed by atoms with van der Waals surface area (Å²) in [7, 11) is 5.99. The van der Waals surface area contributed by atoms with E-state index in [1.807, 2.05) is 21.1 Å². The number of aliphatic carboxylic acids is 1. The highest BCUT2D eigenvalue weighted by Crippen LogP contribution is 2.19. The summed E-state index contributed by atoms with van der Waals surface area (Å²) < 4.78 is 23.0. The van der Waals surface area contributed by atoms with Crippen molar-refractivity contribution in [3.63, 3.8) is 0 Å². The van der Waals surface area contributed by atoms with Crippen molar-refractivity contribution in [3.05, 3.63) is 85.1 Å². The van der Waals surface area contributed by atoms with E-state index in [0.717, 1.165) is 77.0 Å². The van der Waals surface area contributed by atoms with E-state index in [-0.39, 0.29) is 38.2 Å². The normalized spacial score (nSPS) is 13.1. The summed E-state index contributed by atoms with van der Waals surface area (Å²) in [6.07, 6.45) is 92.9. The Balaban J connectivity index is 4.04. The van der Waals surface area contributed by atoms with Gasteiger partial charge in [-0.15, -0.1) is 0 Å². The number of esters is 2. The molecule has 1 N–H and O–H groups in total. The molecule has 0 saturated carbocycles. The molecule has 89 heavy (non-hydrogen) atoms. The maximum atomic E-state index is 13.0. The average molecular weight is 1250 g/mol. The Kier molecular flexibility index (Phi) is 67.6. The molecule has 0 radical (unpaired) electrons. The van der Waals surface area contributed by atoms with Gasteiger partial charge in [-0.3, -0.25) is 9.59 Å². The van der Waals surface area contributed by atoms with Gasteiger partial charge in [-0.25, -0.2) is 4.79 Å². The van der Waals surface area contributed by atoms with Crippen molar-refractivity contribution in [2.24, 2.45) is 0 Å². The first-order valence-electron chi connectivity index (χ1n) is 37.8. The molecule has 2 atom stereocenters. The third-order valence-corrected chi connectivity index (χ3v) is 16.6. The second-order valence-corrected chi connectivity index (χ2v) is 26.6. The molecule has 0 aromatic heterocycles. The van der Waals surface area contributed by atoms with Crippen LogP contribution in [0.15, 0.2) is 85.1 Å². The first-order valence-corrected chi connectivity index (χ1v) is 37.8. The smallest absolute Gasteiger partial charge is 0.361 e. The van der Waals surface area contributed by atoms with E-state index in [0.29, 0.717) is 17.4 Å². The molecule has 0 fully saturated rings. The zero-order valence-corrected chi connectivity index (χ0v) is 59.1.